The van der Waals surface area contributed by atoms with Crippen molar-refractivity contribution in [3.05, 3.63) is 28.8 Å². The van der Waals surface area contributed by atoms with E-state index in [-0.39, 0.29) is 5.91 Å². The smallest absolute Gasteiger partial charge is 0.223 e. The van der Waals surface area contributed by atoms with Crippen LogP contribution in [-0.4, -0.2) is 25.6 Å². The third-order valence-electron chi connectivity index (χ3n) is 2.19. The number of rotatable bonds is 6. The summed E-state index contributed by atoms with van der Waals surface area (Å²) < 4.78 is 5.49. The number of aryl methyl sites for hydroxylation is 1. The van der Waals surface area contributed by atoms with Gasteiger partial charge in [-0.1, -0.05) is 11.6 Å². The fourth-order valence-electron chi connectivity index (χ4n) is 1.33. The average molecular weight is 257 g/mol. The number of benzene rings is 1. The van der Waals surface area contributed by atoms with E-state index in [9.17, 15) is 4.79 Å². The molecule has 3 N–H and O–H groups in total. The molecule has 0 aliphatic carbocycles. The van der Waals surface area contributed by atoms with Crippen LogP contribution in [0.3, 0.4) is 0 Å². The number of amides is 1. The minimum Gasteiger partial charge on any atom is -0.493 e. The maximum Gasteiger partial charge on any atom is 0.223 e. The second-order valence-corrected chi connectivity index (χ2v) is 4.08. The molecule has 17 heavy (non-hydrogen) atoms. The van der Waals surface area contributed by atoms with Crippen molar-refractivity contribution in [3.8, 4) is 5.75 Å². The second kappa shape index (κ2) is 7.14. The Balaban J connectivity index is 2.33. The molecule has 94 valence electrons. The molecule has 4 nitrogen and oxygen atoms in total. The third kappa shape index (κ3) is 5.06. The summed E-state index contributed by atoms with van der Waals surface area (Å²) in [7, 11) is 0. The first-order valence-electron chi connectivity index (χ1n) is 5.49. The molecule has 0 aliphatic rings. The molecule has 1 amide bonds. The van der Waals surface area contributed by atoms with E-state index in [1.807, 2.05) is 13.0 Å². The summed E-state index contributed by atoms with van der Waals surface area (Å²) in [5.41, 5.74) is 6.23. The molecule has 0 fully saturated rings. The highest BCUT2D eigenvalue weighted by Gasteiger charge is 2.03. The molecule has 0 spiro atoms. The summed E-state index contributed by atoms with van der Waals surface area (Å²) in [6, 6.07) is 5.39. The van der Waals surface area contributed by atoms with Crippen LogP contribution in [0.1, 0.15) is 12.0 Å². The number of carbonyl (C=O) groups is 1. The largest absolute Gasteiger partial charge is 0.493 e. The maximum atomic E-state index is 11.3. The lowest BCUT2D eigenvalue weighted by molar-refractivity contribution is -0.121. The Morgan fingerprint density at radius 3 is 2.94 bits per heavy atom. The van der Waals surface area contributed by atoms with E-state index in [1.165, 1.54) is 0 Å². The Morgan fingerprint density at radius 2 is 2.29 bits per heavy atom. The van der Waals surface area contributed by atoms with E-state index < -0.39 is 0 Å². The Kier molecular flexibility index (Phi) is 5.80. The van der Waals surface area contributed by atoms with Crippen molar-refractivity contribution in [2.45, 2.75) is 13.3 Å². The number of halogens is 1. The van der Waals surface area contributed by atoms with Gasteiger partial charge in [0, 0.05) is 18.1 Å². The van der Waals surface area contributed by atoms with E-state index in [2.05, 4.69) is 5.32 Å². The SMILES string of the molecule is Cc1cc(Cl)ccc1OCCC(=O)NCCN. The fourth-order valence-corrected chi connectivity index (χ4v) is 1.56. The minimum atomic E-state index is -0.0536. The van der Waals surface area contributed by atoms with Crippen molar-refractivity contribution >= 4 is 17.5 Å². The monoisotopic (exact) mass is 256 g/mol. The van der Waals surface area contributed by atoms with Crippen LogP contribution < -0.4 is 15.8 Å². The molecule has 1 aromatic carbocycles. The highest BCUT2D eigenvalue weighted by Crippen LogP contribution is 2.21. The van der Waals surface area contributed by atoms with E-state index in [4.69, 9.17) is 22.1 Å². The van der Waals surface area contributed by atoms with Crippen molar-refractivity contribution in [1.29, 1.82) is 0 Å². The van der Waals surface area contributed by atoms with Crippen LogP contribution >= 0.6 is 11.6 Å². The van der Waals surface area contributed by atoms with Crippen LogP contribution in [0.4, 0.5) is 0 Å². The molecule has 0 aromatic heterocycles. The van der Waals surface area contributed by atoms with Crippen LogP contribution in [0.5, 0.6) is 5.75 Å². The molecule has 0 bridgehead atoms. The van der Waals surface area contributed by atoms with Gasteiger partial charge in [-0.3, -0.25) is 4.79 Å². The Labute approximate surface area is 106 Å². The van der Waals surface area contributed by atoms with E-state index in [0.717, 1.165) is 11.3 Å². The summed E-state index contributed by atoms with van der Waals surface area (Å²) in [6.45, 7) is 3.20. The van der Waals surface area contributed by atoms with Crippen LogP contribution in [0.2, 0.25) is 5.02 Å². The van der Waals surface area contributed by atoms with Crippen LogP contribution in [-0.2, 0) is 4.79 Å². The third-order valence-corrected chi connectivity index (χ3v) is 2.43. The second-order valence-electron chi connectivity index (χ2n) is 3.65. The van der Waals surface area contributed by atoms with Gasteiger partial charge >= 0.3 is 0 Å². The van der Waals surface area contributed by atoms with E-state index >= 15 is 0 Å². The highest BCUT2D eigenvalue weighted by atomic mass is 35.5. The molecule has 0 atom stereocenters. The lowest BCUT2D eigenvalue weighted by Gasteiger charge is -2.09. The average Bonchev–Trinajstić information content (AvgIpc) is 2.29. The van der Waals surface area contributed by atoms with Crippen LogP contribution in [0.25, 0.3) is 0 Å². The molecule has 0 saturated carbocycles. The van der Waals surface area contributed by atoms with Gasteiger partial charge in [-0.25, -0.2) is 0 Å². The van der Waals surface area contributed by atoms with Gasteiger partial charge in [-0.2, -0.15) is 0 Å². The summed E-state index contributed by atoms with van der Waals surface area (Å²) in [6.07, 6.45) is 0.321. The zero-order valence-corrected chi connectivity index (χ0v) is 10.6. The Morgan fingerprint density at radius 1 is 1.53 bits per heavy atom. The number of carbonyl (C=O) groups excluding carboxylic acids is 1. The summed E-state index contributed by atoms with van der Waals surface area (Å²) >= 11 is 5.83. The van der Waals surface area contributed by atoms with Crippen molar-refractivity contribution in [1.82, 2.24) is 5.32 Å². The van der Waals surface area contributed by atoms with Gasteiger partial charge in [0.05, 0.1) is 13.0 Å². The first kappa shape index (κ1) is 13.8. The minimum absolute atomic E-state index is 0.0536. The lowest BCUT2D eigenvalue weighted by atomic mass is 10.2. The molecule has 0 radical (unpaired) electrons. The summed E-state index contributed by atoms with van der Waals surface area (Å²) in [5.74, 6) is 0.697. The lowest BCUT2D eigenvalue weighted by Crippen LogP contribution is -2.29. The van der Waals surface area contributed by atoms with Crippen LogP contribution in [0.15, 0.2) is 18.2 Å². The Hall–Kier alpha value is -1.26. The molecule has 0 heterocycles. The predicted molar refractivity (Wildman–Crippen MR) is 68.4 cm³/mol. The molecule has 0 saturated heterocycles. The zero-order chi connectivity index (χ0) is 12.7. The van der Waals surface area contributed by atoms with Crippen molar-refractivity contribution in [2.24, 2.45) is 5.73 Å². The van der Waals surface area contributed by atoms with Gasteiger partial charge in [0.2, 0.25) is 5.91 Å². The molecule has 1 rings (SSSR count). The summed E-state index contributed by atoms with van der Waals surface area (Å²) in [4.78, 5) is 11.3. The zero-order valence-electron chi connectivity index (χ0n) is 9.83. The van der Waals surface area contributed by atoms with Crippen molar-refractivity contribution < 1.29 is 9.53 Å². The fraction of sp³-hybridized carbons (Fsp3) is 0.417. The predicted octanol–water partition coefficient (Wildman–Crippen LogP) is 1.49. The van der Waals surface area contributed by atoms with Gasteiger partial charge in [-0.05, 0) is 30.7 Å². The normalized spacial score (nSPS) is 10.1. The summed E-state index contributed by atoms with van der Waals surface area (Å²) in [5, 5.41) is 3.35. The van der Waals surface area contributed by atoms with E-state index in [0.29, 0.717) is 31.1 Å². The Bertz CT molecular complexity index is 383. The number of nitrogens with one attached hydrogen (secondary N) is 1. The van der Waals surface area contributed by atoms with Gasteiger partial charge in [0.25, 0.3) is 0 Å². The van der Waals surface area contributed by atoms with Gasteiger partial charge in [-0.15, -0.1) is 0 Å². The van der Waals surface area contributed by atoms with Gasteiger partial charge in [0.15, 0.2) is 0 Å². The quantitative estimate of drug-likeness (QED) is 0.811. The molecule has 1 aromatic rings. The topological polar surface area (TPSA) is 64.3 Å². The van der Waals surface area contributed by atoms with Gasteiger partial charge < -0.3 is 15.8 Å². The molecule has 5 heteroatoms. The first-order chi connectivity index (χ1) is 8.13. The molecular weight excluding hydrogens is 240 g/mol. The number of ether oxygens (including phenoxy) is 1. The van der Waals surface area contributed by atoms with Crippen molar-refractivity contribution in [3.63, 3.8) is 0 Å². The molecular formula is C12H17ClN2O2. The van der Waals surface area contributed by atoms with Gasteiger partial charge in [0.1, 0.15) is 5.75 Å². The number of hydrogen-bond donors (Lipinski definition) is 2. The number of nitrogens with two attached hydrogens (primary N) is 1. The molecule has 0 aliphatic heterocycles. The van der Waals surface area contributed by atoms with Crippen molar-refractivity contribution in [2.75, 3.05) is 19.7 Å². The molecule has 0 unspecified atom stereocenters. The van der Waals surface area contributed by atoms with Crippen LogP contribution in [0, 0.1) is 6.92 Å². The first-order valence-corrected chi connectivity index (χ1v) is 5.87. The highest BCUT2D eigenvalue weighted by molar-refractivity contribution is 6.30. The van der Waals surface area contributed by atoms with E-state index in [1.54, 1.807) is 12.1 Å². The standard InChI is InChI=1S/C12H17ClN2O2/c1-9-8-10(13)2-3-11(9)17-7-4-12(16)15-6-5-14/h2-3,8H,4-7,14H2,1H3,(H,15,16). The maximum absolute atomic E-state index is 11.3. The number of hydrogen-bond acceptors (Lipinski definition) is 3.